The van der Waals surface area contributed by atoms with Crippen LogP contribution >= 0.6 is 27.3 Å². The van der Waals surface area contributed by atoms with Gasteiger partial charge in [0.2, 0.25) is 0 Å². The Morgan fingerprint density at radius 1 is 1.17 bits per heavy atom. The third-order valence-corrected chi connectivity index (χ3v) is 4.07. The minimum absolute atomic E-state index is 0.0121. The fourth-order valence-corrected chi connectivity index (χ4v) is 2.83. The molecule has 94 valence electrons. The molecule has 1 heterocycles. The number of carboxylic acid groups (broad SMARTS) is 1. The van der Waals surface area contributed by atoms with Crippen LogP contribution in [0.2, 0.25) is 0 Å². The molecule has 1 aromatic heterocycles. The lowest BCUT2D eigenvalue weighted by Crippen LogP contribution is -2.13. The van der Waals surface area contributed by atoms with Crippen molar-refractivity contribution in [1.29, 1.82) is 0 Å². The average molecular weight is 333 g/mol. The zero-order valence-electron chi connectivity index (χ0n) is 8.86. The van der Waals surface area contributed by atoms with Crippen LogP contribution < -0.4 is 0 Å². The lowest BCUT2D eigenvalue weighted by atomic mass is 10.1. The molecule has 18 heavy (non-hydrogen) atoms. The van der Waals surface area contributed by atoms with Gasteiger partial charge in [-0.15, -0.1) is 11.3 Å². The Morgan fingerprint density at radius 2 is 1.78 bits per heavy atom. The molecule has 2 rings (SSSR count). The van der Waals surface area contributed by atoms with E-state index in [2.05, 4.69) is 15.9 Å². The maximum Gasteiger partial charge on any atom is 0.335 e. The predicted molar refractivity (Wildman–Crippen MR) is 68.4 cm³/mol. The highest BCUT2D eigenvalue weighted by Gasteiger charge is 2.35. The Morgan fingerprint density at radius 3 is 2.22 bits per heavy atom. The summed E-state index contributed by atoms with van der Waals surface area (Å²) in [4.78, 5) is 10.6. The summed E-state index contributed by atoms with van der Waals surface area (Å²) >= 11 is 4.09. The molecular formula is C12H7BrF2O2S. The van der Waals surface area contributed by atoms with Gasteiger partial charge in [-0.2, -0.15) is 8.78 Å². The minimum atomic E-state index is -3.12. The van der Waals surface area contributed by atoms with E-state index in [0.29, 0.717) is 3.79 Å². The van der Waals surface area contributed by atoms with Gasteiger partial charge in [-0.05, 0) is 40.2 Å². The van der Waals surface area contributed by atoms with Gasteiger partial charge in [0.1, 0.15) is 0 Å². The van der Waals surface area contributed by atoms with Crippen molar-refractivity contribution in [2.45, 2.75) is 5.92 Å². The first-order valence-corrected chi connectivity index (χ1v) is 6.49. The van der Waals surface area contributed by atoms with Gasteiger partial charge in [0.25, 0.3) is 0 Å². The Hall–Kier alpha value is -1.27. The number of aromatic carboxylic acids is 1. The second-order valence-corrected chi connectivity index (χ2v) is 6.02. The maximum atomic E-state index is 14.1. The number of hydrogen-bond acceptors (Lipinski definition) is 2. The maximum absolute atomic E-state index is 14.1. The highest BCUT2D eigenvalue weighted by atomic mass is 79.9. The highest BCUT2D eigenvalue weighted by molar-refractivity contribution is 9.11. The van der Waals surface area contributed by atoms with Gasteiger partial charge in [-0.25, -0.2) is 4.79 Å². The Bertz CT molecular complexity index is 578. The van der Waals surface area contributed by atoms with E-state index in [4.69, 9.17) is 5.11 Å². The molecule has 1 N–H and O–H groups in total. The average Bonchev–Trinajstić information content (AvgIpc) is 2.76. The topological polar surface area (TPSA) is 37.3 Å². The third-order valence-electron chi connectivity index (χ3n) is 2.38. The van der Waals surface area contributed by atoms with Crippen LogP contribution in [-0.2, 0) is 5.92 Å². The first kappa shape index (κ1) is 13.2. The molecule has 0 amide bonds. The second kappa shape index (κ2) is 4.78. The fourth-order valence-electron chi connectivity index (χ4n) is 1.45. The summed E-state index contributed by atoms with van der Waals surface area (Å²) in [6.07, 6.45) is 0. The monoisotopic (exact) mass is 332 g/mol. The minimum Gasteiger partial charge on any atom is -0.478 e. The molecule has 0 unspecified atom stereocenters. The Balaban J connectivity index is 2.38. The molecule has 6 heteroatoms. The molecule has 0 bridgehead atoms. The number of halogens is 3. The molecule has 0 saturated heterocycles. The number of thiophene rings is 1. The van der Waals surface area contributed by atoms with Gasteiger partial charge in [0.05, 0.1) is 14.2 Å². The van der Waals surface area contributed by atoms with Crippen molar-refractivity contribution >= 4 is 33.2 Å². The summed E-state index contributed by atoms with van der Waals surface area (Å²) in [5.74, 6) is -4.25. The zero-order valence-corrected chi connectivity index (χ0v) is 11.3. The van der Waals surface area contributed by atoms with E-state index < -0.39 is 11.9 Å². The summed E-state index contributed by atoms with van der Waals surface area (Å²) in [6.45, 7) is 0. The van der Waals surface area contributed by atoms with Crippen molar-refractivity contribution in [3.05, 3.63) is 56.2 Å². The molecule has 0 aliphatic carbocycles. The number of rotatable bonds is 3. The predicted octanol–water partition coefficient (Wildman–Crippen LogP) is 4.35. The standard InChI is InChI=1S/C12H7BrF2O2S/c13-10-6-5-9(18-10)12(14,15)8-3-1-7(2-4-8)11(16)17/h1-6H,(H,16,17). The Labute approximate surface area is 114 Å². The largest absolute Gasteiger partial charge is 0.478 e. The molecule has 0 fully saturated rings. The second-order valence-electron chi connectivity index (χ2n) is 3.56. The van der Waals surface area contributed by atoms with Gasteiger partial charge < -0.3 is 5.11 Å². The smallest absolute Gasteiger partial charge is 0.335 e. The molecular weight excluding hydrogens is 326 g/mol. The first-order valence-electron chi connectivity index (χ1n) is 4.88. The van der Waals surface area contributed by atoms with Crippen molar-refractivity contribution in [3.63, 3.8) is 0 Å². The van der Waals surface area contributed by atoms with Crippen LogP contribution in [0.4, 0.5) is 8.78 Å². The number of alkyl halides is 2. The van der Waals surface area contributed by atoms with Crippen molar-refractivity contribution in [1.82, 2.24) is 0 Å². The van der Waals surface area contributed by atoms with Gasteiger partial charge >= 0.3 is 11.9 Å². The number of carboxylic acids is 1. The van der Waals surface area contributed by atoms with E-state index in [-0.39, 0.29) is 16.0 Å². The fraction of sp³-hybridized carbons (Fsp3) is 0.0833. The van der Waals surface area contributed by atoms with Crippen molar-refractivity contribution in [2.75, 3.05) is 0 Å². The molecule has 2 aromatic rings. The van der Waals surface area contributed by atoms with Crippen LogP contribution in [0, 0.1) is 0 Å². The van der Waals surface area contributed by atoms with Crippen LogP contribution in [0.5, 0.6) is 0 Å². The molecule has 0 aliphatic heterocycles. The molecule has 1 aromatic carbocycles. The van der Waals surface area contributed by atoms with E-state index in [9.17, 15) is 13.6 Å². The van der Waals surface area contributed by atoms with E-state index >= 15 is 0 Å². The molecule has 0 atom stereocenters. The van der Waals surface area contributed by atoms with Crippen LogP contribution in [0.3, 0.4) is 0 Å². The van der Waals surface area contributed by atoms with Crippen LogP contribution in [0.15, 0.2) is 40.2 Å². The van der Waals surface area contributed by atoms with Crippen molar-refractivity contribution in [3.8, 4) is 0 Å². The van der Waals surface area contributed by atoms with Gasteiger partial charge in [0.15, 0.2) is 0 Å². The molecule has 2 nitrogen and oxygen atoms in total. The van der Waals surface area contributed by atoms with Crippen molar-refractivity contribution < 1.29 is 18.7 Å². The summed E-state index contributed by atoms with van der Waals surface area (Å²) < 4.78 is 28.8. The third kappa shape index (κ3) is 2.44. The molecule has 0 saturated carbocycles. The molecule has 0 aliphatic rings. The van der Waals surface area contributed by atoms with Crippen LogP contribution in [-0.4, -0.2) is 11.1 Å². The lowest BCUT2D eigenvalue weighted by Gasteiger charge is -2.14. The summed E-state index contributed by atoms with van der Waals surface area (Å²) in [7, 11) is 0. The van der Waals surface area contributed by atoms with Gasteiger partial charge in [0, 0.05) is 5.56 Å². The lowest BCUT2D eigenvalue weighted by molar-refractivity contribution is 0.0467. The van der Waals surface area contributed by atoms with E-state index in [1.807, 2.05) is 0 Å². The number of benzene rings is 1. The van der Waals surface area contributed by atoms with Crippen molar-refractivity contribution in [2.24, 2.45) is 0 Å². The summed E-state index contributed by atoms with van der Waals surface area (Å²) in [6, 6.07) is 7.52. The summed E-state index contributed by atoms with van der Waals surface area (Å²) in [5.41, 5.74) is -0.233. The Kier molecular flexibility index (Phi) is 3.49. The van der Waals surface area contributed by atoms with Crippen LogP contribution in [0.25, 0.3) is 0 Å². The normalized spacial score (nSPS) is 11.5. The SMILES string of the molecule is O=C(O)c1ccc(C(F)(F)c2ccc(Br)s2)cc1. The highest BCUT2D eigenvalue weighted by Crippen LogP contribution is 2.40. The van der Waals surface area contributed by atoms with Crippen LogP contribution in [0.1, 0.15) is 20.8 Å². The number of carbonyl (C=O) groups is 1. The number of hydrogen-bond donors (Lipinski definition) is 1. The van der Waals surface area contributed by atoms with Gasteiger partial charge in [-0.1, -0.05) is 12.1 Å². The van der Waals surface area contributed by atoms with Gasteiger partial charge in [-0.3, -0.25) is 0 Å². The molecule has 0 spiro atoms. The zero-order chi connectivity index (χ0) is 13.3. The van der Waals surface area contributed by atoms with E-state index in [1.165, 1.54) is 18.2 Å². The summed E-state index contributed by atoms with van der Waals surface area (Å²) in [5, 5.41) is 8.71. The van der Waals surface area contributed by atoms with E-state index in [1.54, 1.807) is 6.07 Å². The molecule has 0 radical (unpaired) electrons. The quantitative estimate of drug-likeness (QED) is 0.907. The first-order chi connectivity index (χ1) is 8.41. The van der Waals surface area contributed by atoms with E-state index in [0.717, 1.165) is 23.5 Å².